The number of fused-ring (bicyclic) bond motifs is 1. The number of nitrogens with zero attached hydrogens (tertiary/aromatic N) is 4. The standard InChI is InChI=1S/C21H24FN7O3/c1-23-16-9-18(25-14-5-2-6-28(21(14)31)11-12-4-3-7-32-12)27-29-17(10-24-19(16)29)20(30)26-15-8-13(15)22/h2,5-6,9-10,12-13,15,23H,3-4,7-8,11H2,1H3,(H,25,27)(H,26,30)/t12?,13-,15+/m0/s1. The lowest BCUT2D eigenvalue weighted by atomic mass is 10.2. The monoisotopic (exact) mass is 441 g/mol. The SMILES string of the molecule is CNc1cc(Nc2cccn(CC3CCCO3)c2=O)nn2c(C(=O)N[C@@H]3C[C@@H]3F)cnc12. The fourth-order valence-electron chi connectivity index (χ4n) is 3.85. The maximum absolute atomic E-state index is 13.2. The summed E-state index contributed by atoms with van der Waals surface area (Å²) in [4.78, 5) is 29.8. The van der Waals surface area contributed by atoms with Crippen LogP contribution >= 0.6 is 0 Å². The summed E-state index contributed by atoms with van der Waals surface area (Å²) in [5.74, 6) is -0.0939. The van der Waals surface area contributed by atoms with Gasteiger partial charge < -0.3 is 25.3 Å². The number of ether oxygens (including phenoxy) is 1. The minimum atomic E-state index is -1.01. The minimum Gasteiger partial charge on any atom is -0.385 e. The van der Waals surface area contributed by atoms with Crippen LogP contribution in [-0.2, 0) is 11.3 Å². The molecular formula is C21H24FN7O3. The number of alkyl halides is 1. The van der Waals surface area contributed by atoms with Crippen molar-refractivity contribution in [3.8, 4) is 0 Å². The molecule has 1 saturated carbocycles. The summed E-state index contributed by atoms with van der Waals surface area (Å²) in [6, 6.07) is 4.70. The van der Waals surface area contributed by atoms with Crippen molar-refractivity contribution in [3.63, 3.8) is 0 Å². The molecule has 1 saturated heterocycles. The van der Waals surface area contributed by atoms with Crippen molar-refractivity contribution in [2.24, 2.45) is 0 Å². The van der Waals surface area contributed by atoms with Gasteiger partial charge in [-0.3, -0.25) is 9.59 Å². The van der Waals surface area contributed by atoms with Crippen molar-refractivity contribution in [3.05, 3.63) is 46.6 Å². The number of aromatic nitrogens is 4. The lowest BCUT2D eigenvalue weighted by Gasteiger charge is -2.14. The first-order valence-corrected chi connectivity index (χ1v) is 10.6. The fourth-order valence-corrected chi connectivity index (χ4v) is 3.85. The predicted octanol–water partition coefficient (Wildman–Crippen LogP) is 1.70. The van der Waals surface area contributed by atoms with Crippen molar-refractivity contribution in [2.45, 2.75) is 44.1 Å². The molecule has 3 N–H and O–H groups in total. The highest BCUT2D eigenvalue weighted by molar-refractivity contribution is 5.94. The van der Waals surface area contributed by atoms with Gasteiger partial charge in [-0.15, -0.1) is 5.10 Å². The largest absolute Gasteiger partial charge is 0.385 e. The number of halogens is 1. The van der Waals surface area contributed by atoms with Gasteiger partial charge in [0, 0.05) is 32.3 Å². The Bertz CT molecular complexity index is 1220. The highest BCUT2D eigenvalue weighted by Crippen LogP contribution is 2.26. The van der Waals surface area contributed by atoms with Gasteiger partial charge in [0.05, 0.1) is 30.6 Å². The fraction of sp³-hybridized carbons (Fsp3) is 0.429. The normalized spacial score (nSPS) is 22.1. The summed E-state index contributed by atoms with van der Waals surface area (Å²) in [7, 11) is 1.72. The van der Waals surface area contributed by atoms with E-state index in [1.807, 2.05) is 0 Å². The topological polar surface area (TPSA) is 115 Å². The average Bonchev–Trinajstić information content (AvgIpc) is 3.16. The summed E-state index contributed by atoms with van der Waals surface area (Å²) in [6.45, 7) is 1.22. The van der Waals surface area contributed by atoms with E-state index in [2.05, 4.69) is 26.0 Å². The van der Waals surface area contributed by atoms with Crippen LogP contribution < -0.4 is 21.5 Å². The number of carbonyl (C=O) groups excluding carboxylic acids is 1. The summed E-state index contributed by atoms with van der Waals surface area (Å²) >= 11 is 0. The molecule has 4 heterocycles. The van der Waals surface area contributed by atoms with Crippen LogP contribution in [0.1, 0.15) is 29.8 Å². The van der Waals surface area contributed by atoms with Gasteiger partial charge in [0.1, 0.15) is 11.9 Å². The number of amides is 1. The Balaban J connectivity index is 1.44. The third-order valence-corrected chi connectivity index (χ3v) is 5.71. The van der Waals surface area contributed by atoms with Gasteiger partial charge in [0.2, 0.25) is 0 Å². The third kappa shape index (κ3) is 3.91. The van der Waals surface area contributed by atoms with Crippen molar-refractivity contribution < 1.29 is 13.9 Å². The molecular weight excluding hydrogens is 417 g/mol. The van der Waals surface area contributed by atoms with E-state index < -0.39 is 18.1 Å². The molecule has 0 spiro atoms. The Hall–Kier alpha value is -3.47. The van der Waals surface area contributed by atoms with Crippen LogP contribution in [0.2, 0.25) is 0 Å². The van der Waals surface area contributed by atoms with E-state index in [-0.39, 0.29) is 17.4 Å². The summed E-state index contributed by atoms with van der Waals surface area (Å²) < 4.78 is 21.8. The molecule has 1 aliphatic heterocycles. The molecule has 1 unspecified atom stereocenters. The van der Waals surface area contributed by atoms with Gasteiger partial charge in [-0.25, -0.2) is 13.9 Å². The van der Waals surface area contributed by atoms with Crippen LogP contribution in [0.5, 0.6) is 0 Å². The van der Waals surface area contributed by atoms with Gasteiger partial charge in [-0.05, 0) is 25.0 Å². The third-order valence-electron chi connectivity index (χ3n) is 5.71. The second-order valence-electron chi connectivity index (χ2n) is 8.04. The number of nitrogens with one attached hydrogen (secondary N) is 3. The van der Waals surface area contributed by atoms with E-state index in [0.717, 1.165) is 19.4 Å². The number of rotatable bonds is 7. The molecule has 32 heavy (non-hydrogen) atoms. The zero-order chi connectivity index (χ0) is 22.2. The summed E-state index contributed by atoms with van der Waals surface area (Å²) in [5, 5.41) is 13.2. The molecule has 168 valence electrons. The van der Waals surface area contributed by atoms with Gasteiger partial charge in [0.25, 0.3) is 11.5 Å². The van der Waals surface area contributed by atoms with Crippen molar-refractivity contribution >= 4 is 28.7 Å². The summed E-state index contributed by atoms with van der Waals surface area (Å²) in [6.07, 6.45) is 4.41. The van der Waals surface area contributed by atoms with Crippen LogP contribution in [-0.4, -0.2) is 57.0 Å². The molecule has 3 aromatic rings. The molecule has 1 amide bonds. The predicted molar refractivity (Wildman–Crippen MR) is 116 cm³/mol. The van der Waals surface area contributed by atoms with E-state index in [1.54, 1.807) is 36.0 Å². The van der Waals surface area contributed by atoms with Crippen LogP contribution in [0.15, 0.2) is 35.4 Å². The number of hydrogen-bond donors (Lipinski definition) is 3. The Morgan fingerprint density at radius 2 is 2.22 bits per heavy atom. The highest BCUT2D eigenvalue weighted by atomic mass is 19.1. The zero-order valence-corrected chi connectivity index (χ0v) is 17.5. The molecule has 2 fully saturated rings. The molecule has 3 aromatic heterocycles. The lowest BCUT2D eigenvalue weighted by Crippen LogP contribution is -2.28. The number of carbonyl (C=O) groups is 1. The van der Waals surface area contributed by atoms with E-state index in [1.165, 1.54) is 10.7 Å². The van der Waals surface area contributed by atoms with Gasteiger partial charge in [-0.2, -0.15) is 0 Å². The van der Waals surface area contributed by atoms with Crippen LogP contribution in [0, 0.1) is 0 Å². The quantitative estimate of drug-likeness (QED) is 0.511. The van der Waals surface area contributed by atoms with Crippen molar-refractivity contribution in [1.29, 1.82) is 0 Å². The summed E-state index contributed by atoms with van der Waals surface area (Å²) in [5.41, 5.74) is 1.40. The first kappa shape index (κ1) is 20.4. The highest BCUT2D eigenvalue weighted by Gasteiger charge is 2.39. The molecule has 5 rings (SSSR count). The number of anilines is 3. The molecule has 0 aromatic carbocycles. The van der Waals surface area contributed by atoms with E-state index in [0.29, 0.717) is 35.8 Å². The molecule has 3 atom stereocenters. The molecule has 10 nitrogen and oxygen atoms in total. The smallest absolute Gasteiger partial charge is 0.274 e. The first-order valence-electron chi connectivity index (χ1n) is 10.6. The van der Waals surface area contributed by atoms with E-state index in [9.17, 15) is 14.0 Å². The number of imidazole rings is 1. The maximum Gasteiger partial charge on any atom is 0.274 e. The number of pyridine rings is 1. The Kier molecular flexibility index (Phi) is 5.25. The van der Waals surface area contributed by atoms with E-state index >= 15 is 0 Å². The number of hydrogen-bond acceptors (Lipinski definition) is 7. The Morgan fingerprint density at radius 3 is 2.94 bits per heavy atom. The second kappa shape index (κ2) is 8.23. The van der Waals surface area contributed by atoms with Gasteiger partial charge in [0.15, 0.2) is 17.2 Å². The molecule has 2 aliphatic rings. The second-order valence-corrected chi connectivity index (χ2v) is 8.04. The van der Waals surface area contributed by atoms with Crippen LogP contribution in [0.4, 0.5) is 21.6 Å². The zero-order valence-electron chi connectivity index (χ0n) is 17.5. The molecule has 1 aliphatic carbocycles. The average molecular weight is 441 g/mol. The van der Waals surface area contributed by atoms with Gasteiger partial charge in [-0.1, -0.05) is 0 Å². The van der Waals surface area contributed by atoms with Gasteiger partial charge >= 0.3 is 0 Å². The van der Waals surface area contributed by atoms with Crippen molar-refractivity contribution in [2.75, 3.05) is 24.3 Å². The molecule has 0 bridgehead atoms. The molecule has 0 radical (unpaired) electrons. The maximum atomic E-state index is 13.2. The Labute approximate surface area is 182 Å². The van der Waals surface area contributed by atoms with Crippen LogP contribution in [0.25, 0.3) is 5.65 Å². The van der Waals surface area contributed by atoms with Crippen molar-refractivity contribution in [1.82, 2.24) is 24.5 Å². The lowest BCUT2D eigenvalue weighted by molar-refractivity contribution is 0.0940. The van der Waals surface area contributed by atoms with E-state index in [4.69, 9.17) is 4.74 Å². The molecule has 11 heteroatoms. The minimum absolute atomic E-state index is 0.0377. The van der Waals surface area contributed by atoms with Crippen LogP contribution in [0.3, 0.4) is 0 Å². The Morgan fingerprint density at radius 1 is 1.38 bits per heavy atom. The first-order chi connectivity index (χ1) is 15.5.